The number of amides is 1. The smallest absolute Gasteiger partial charge is 0.305 e. The highest BCUT2D eigenvalue weighted by Gasteiger charge is 2.46. The monoisotopic (exact) mass is 307 g/mol. The lowest BCUT2D eigenvalue weighted by Gasteiger charge is -2.31. The average molecular weight is 307 g/mol. The minimum absolute atomic E-state index is 0.0698. The molecule has 0 saturated heterocycles. The van der Waals surface area contributed by atoms with Crippen LogP contribution in [0.25, 0.3) is 0 Å². The van der Waals surface area contributed by atoms with Crippen molar-refractivity contribution < 1.29 is 19.1 Å². The van der Waals surface area contributed by atoms with Crippen LogP contribution in [0.2, 0.25) is 0 Å². The van der Waals surface area contributed by atoms with Crippen molar-refractivity contribution in [3.8, 4) is 0 Å². The Morgan fingerprint density at radius 2 is 1.86 bits per heavy atom. The van der Waals surface area contributed by atoms with Crippen molar-refractivity contribution in [2.75, 3.05) is 0 Å². The van der Waals surface area contributed by atoms with Crippen LogP contribution >= 0.6 is 0 Å². The van der Waals surface area contributed by atoms with E-state index in [9.17, 15) is 14.0 Å². The van der Waals surface area contributed by atoms with E-state index >= 15 is 0 Å². The van der Waals surface area contributed by atoms with Crippen LogP contribution in [0.4, 0.5) is 4.39 Å². The van der Waals surface area contributed by atoms with Gasteiger partial charge in [-0.2, -0.15) is 0 Å². The van der Waals surface area contributed by atoms with Gasteiger partial charge in [0.2, 0.25) is 5.91 Å². The van der Waals surface area contributed by atoms with Gasteiger partial charge in [0, 0.05) is 11.5 Å². The highest BCUT2D eigenvalue weighted by atomic mass is 19.1. The maximum atomic E-state index is 12.9. The van der Waals surface area contributed by atoms with Gasteiger partial charge in [-0.05, 0) is 42.9 Å². The van der Waals surface area contributed by atoms with Crippen LogP contribution < -0.4 is 5.32 Å². The highest BCUT2D eigenvalue weighted by Crippen LogP contribution is 2.48. The quantitative estimate of drug-likeness (QED) is 0.813. The van der Waals surface area contributed by atoms with Gasteiger partial charge < -0.3 is 10.4 Å². The summed E-state index contributed by atoms with van der Waals surface area (Å²) in [5.41, 5.74) is 0.275. The molecule has 2 rings (SSSR count). The van der Waals surface area contributed by atoms with E-state index in [0.717, 1.165) is 12.0 Å². The molecular weight excluding hydrogens is 285 g/mol. The second-order valence-corrected chi connectivity index (χ2v) is 6.05. The van der Waals surface area contributed by atoms with E-state index in [-0.39, 0.29) is 30.0 Å². The van der Waals surface area contributed by atoms with Gasteiger partial charge in [0.15, 0.2) is 0 Å². The Morgan fingerprint density at radius 3 is 2.36 bits per heavy atom. The van der Waals surface area contributed by atoms with Gasteiger partial charge in [-0.3, -0.25) is 9.59 Å². The number of carboxylic acids is 1. The van der Waals surface area contributed by atoms with Crippen molar-refractivity contribution in [2.45, 2.75) is 51.0 Å². The SMILES string of the molecule is CCC(CC)(CC(=O)O)NC(=O)C1CC1c1ccc(F)cc1. The Hall–Kier alpha value is -1.91. The van der Waals surface area contributed by atoms with Gasteiger partial charge in [0.25, 0.3) is 0 Å². The van der Waals surface area contributed by atoms with Crippen LogP contribution in [0.5, 0.6) is 0 Å². The third-order valence-corrected chi connectivity index (χ3v) is 4.66. The molecule has 120 valence electrons. The van der Waals surface area contributed by atoms with E-state index in [2.05, 4.69) is 5.32 Å². The number of nitrogens with one attached hydrogen (secondary N) is 1. The fraction of sp³-hybridized carbons (Fsp3) is 0.529. The molecule has 5 heteroatoms. The third kappa shape index (κ3) is 3.64. The summed E-state index contributed by atoms with van der Waals surface area (Å²) in [7, 11) is 0. The van der Waals surface area contributed by atoms with Crippen LogP contribution in [-0.4, -0.2) is 22.5 Å². The van der Waals surface area contributed by atoms with E-state index in [1.165, 1.54) is 12.1 Å². The van der Waals surface area contributed by atoms with E-state index in [0.29, 0.717) is 12.8 Å². The van der Waals surface area contributed by atoms with Crippen LogP contribution in [0, 0.1) is 11.7 Å². The molecule has 0 aromatic heterocycles. The highest BCUT2D eigenvalue weighted by molar-refractivity contribution is 5.84. The number of carbonyl (C=O) groups is 2. The first-order chi connectivity index (χ1) is 10.4. The first kappa shape index (κ1) is 16.5. The molecule has 1 aromatic carbocycles. The molecule has 0 spiro atoms. The number of halogens is 1. The third-order valence-electron chi connectivity index (χ3n) is 4.66. The topological polar surface area (TPSA) is 66.4 Å². The molecule has 2 unspecified atom stereocenters. The van der Waals surface area contributed by atoms with Crippen LogP contribution in [-0.2, 0) is 9.59 Å². The Balaban J connectivity index is 2.00. The standard InChI is InChI=1S/C17H22FNO3/c1-3-17(4-2,10-15(20)21)19-16(22)14-9-13(14)11-5-7-12(18)8-6-11/h5-8,13-14H,3-4,9-10H2,1-2H3,(H,19,22)(H,20,21). The maximum Gasteiger partial charge on any atom is 0.305 e. The maximum absolute atomic E-state index is 12.9. The van der Waals surface area contributed by atoms with Gasteiger partial charge >= 0.3 is 5.97 Å². The summed E-state index contributed by atoms with van der Waals surface area (Å²) in [6.07, 6.45) is 1.82. The number of hydrogen-bond donors (Lipinski definition) is 2. The number of rotatable bonds is 7. The second-order valence-electron chi connectivity index (χ2n) is 6.05. The molecule has 1 amide bonds. The Bertz CT molecular complexity index is 552. The largest absolute Gasteiger partial charge is 0.481 e. The summed E-state index contributed by atoms with van der Waals surface area (Å²) in [5.74, 6) is -1.33. The Labute approximate surface area is 129 Å². The number of carboxylic acid groups (broad SMARTS) is 1. The minimum Gasteiger partial charge on any atom is -0.481 e. The lowest BCUT2D eigenvalue weighted by molar-refractivity contribution is -0.139. The number of benzene rings is 1. The molecule has 1 saturated carbocycles. The predicted molar refractivity (Wildman–Crippen MR) is 81.0 cm³/mol. The summed E-state index contributed by atoms with van der Waals surface area (Å²) in [6.45, 7) is 3.77. The number of carbonyl (C=O) groups excluding carboxylic acids is 1. The lowest BCUT2D eigenvalue weighted by atomic mass is 9.88. The minimum atomic E-state index is -0.908. The second kappa shape index (κ2) is 6.46. The van der Waals surface area contributed by atoms with Gasteiger partial charge in [0.05, 0.1) is 6.42 Å². The summed E-state index contributed by atoms with van der Waals surface area (Å²) in [4.78, 5) is 23.4. The Kier molecular flexibility index (Phi) is 4.84. The van der Waals surface area contributed by atoms with Crippen molar-refractivity contribution in [2.24, 2.45) is 5.92 Å². The van der Waals surface area contributed by atoms with Crippen LogP contribution in [0.1, 0.15) is 51.0 Å². The van der Waals surface area contributed by atoms with Crippen molar-refractivity contribution in [3.05, 3.63) is 35.6 Å². The van der Waals surface area contributed by atoms with Crippen LogP contribution in [0.15, 0.2) is 24.3 Å². The molecule has 0 aliphatic heterocycles. The van der Waals surface area contributed by atoms with Crippen molar-refractivity contribution in [3.63, 3.8) is 0 Å². The van der Waals surface area contributed by atoms with E-state index in [1.807, 2.05) is 13.8 Å². The Morgan fingerprint density at radius 1 is 1.27 bits per heavy atom. The van der Waals surface area contributed by atoms with Crippen LogP contribution in [0.3, 0.4) is 0 Å². The van der Waals surface area contributed by atoms with Crippen molar-refractivity contribution in [1.29, 1.82) is 0 Å². The summed E-state index contributed by atoms with van der Waals surface area (Å²) >= 11 is 0. The molecule has 0 bridgehead atoms. The molecule has 22 heavy (non-hydrogen) atoms. The molecule has 1 aliphatic carbocycles. The molecule has 1 aliphatic rings. The van der Waals surface area contributed by atoms with E-state index in [4.69, 9.17) is 5.11 Å². The summed E-state index contributed by atoms with van der Waals surface area (Å²) in [6, 6.07) is 6.21. The zero-order chi connectivity index (χ0) is 16.3. The zero-order valence-corrected chi connectivity index (χ0v) is 12.9. The van der Waals surface area contributed by atoms with Gasteiger partial charge in [-0.15, -0.1) is 0 Å². The number of aliphatic carboxylic acids is 1. The molecular formula is C17H22FNO3. The first-order valence-corrected chi connectivity index (χ1v) is 7.70. The lowest BCUT2D eigenvalue weighted by Crippen LogP contribution is -2.49. The number of hydrogen-bond acceptors (Lipinski definition) is 2. The summed E-state index contributed by atoms with van der Waals surface area (Å²) < 4.78 is 12.9. The van der Waals surface area contributed by atoms with Gasteiger partial charge in [-0.1, -0.05) is 26.0 Å². The first-order valence-electron chi connectivity index (χ1n) is 7.70. The molecule has 4 nitrogen and oxygen atoms in total. The molecule has 2 atom stereocenters. The zero-order valence-electron chi connectivity index (χ0n) is 12.9. The van der Waals surface area contributed by atoms with Gasteiger partial charge in [-0.25, -0.2) is 4.39 Å². The predicted octanol–water partition coefficient (Wildman–Crippen LogP) is 3.08. The molecule has 0 heterocycles. The van der Waals surface area contributed by atoms with E-state index < -0.39 is 11.5 Å². The molecule has 2 N–H and O–H groups in total. The van der Waals surface area contributed by atoms with Crippen molar-refractivity contribution in [1.82, 2.24) is 5.32 Å². The molecule has 1 fully saturated rings. The van der Waals surface area contributed by atoms with Crippen molar-refractivity contribution >= 4 is 11.9 Å². The van der Waals surface area contributed by atoms with Gasteiger partial charge in [0.1, 0.15) is 5.82 Å². The normalized spacial score (nSPS) is 20.5. The molecule has 0 radical (unpaired) electrons. The average Bonchev–Trinajstić information content (AvgIpc) is 3.27. The summed E-state index contributed by atoms with van der Waals surface area (Å²) in [5, 5.41) is 12.0. The fourth-order valence-electron chi connectivity index (χ4n) is 2.93. The van der Waals surface area contributed by atoms with E-state index in [1.54, 1.807) is 12.1 Å². The molecule has 1 aromatic rings. The fourth-order valence-corrected chi connectivity index (χ4v) is 2.93.